The van der Waals surface area contributed by atoms with Crippen LogP contribution in [-0.2, 0) is 0 Å². The summed E-state index contributed by atoms with van der Waals surface area (Å²) in [5.74, 6) is 0. The summed E-state index contributed by atoms with van der Waals surface area (Å²) in [6, 6.07) is 7.52. The second kappa shape index (κ2) is 4.41. The highest BCUT2D eigenvalue weighted by Gasteiger charge is 1.94. The van der Waals surface area contributed by atoms with Crippen molar-refractivity contribution in [1.29, 1.82) is 0 Å². The highest BCUT2D eigenvalue weighted by Crippen LogP contribution is 2.12. The van der Waals surface area contributed by atoms with Gasteiger partial charge in [0.1, 0.15) is 0 Å². The topological polar surface area (TPSA) is 46.4 Å². The van der Waals surface area contributed by atoms with Gasteiger partial charge in [0.25, 0.3) is 0 Å². The first kappa shape index (κ1) is 10.2. The van der Waals surface area contributed by atoms with E-state index < -0.39 is 4.92 Å². The van der Waals surface area contributed by atoms with Gasteiger partial charge in [-0.3, -0.25) is 10.1 Å². The van der Waals surface area contributed by atoms with Crippen molar-refractivity contribution in [1.82, 2.24) is 0 Å². The maximum absolute atomic E-state index is 10.1. The first-order chi connectivity index (χ1) is 6.59. The molecule has 1 rings (SSSR count). The molecule has 0 atom stereocenters. The molecule has 0 aliphatic heterocycles. The Kier molecular flexibility index (Phi) is 3.23. The number of rotatable bonds is 3. The van der Waals surface area contributed by atoms with Crippen LogP contribution < -0.4 is 4.90 Å². The van der Waals surface area contributed by atoms with Crippen LogP contribution in [0.2, 0.25) is 0 Å². The fraction of sp³-hybridized carbons (Fsp3) is 0.200. The normalized spacial score (nSPS) is 10.4. The minimum atomic E-state index is -0.472. The van der Waals surface area contributed by atoms with Gasteiger partial charge in [-0.1, -0.05) is 12.1 Å². The molecular formula is C10H12N2O2. The van der Waals surface area contributed by atoms with E-state index in [9.17, 15) is 10.1 Å². The van der Waals surface area contributed by atoms with E-state index in [1.807, 2.05) is 43.3 Å². The molecule has 0 radical (unpaired) electrons. The predicted molar refractivity (Wildman–Crippen MR) is 56.8 cm³/mol. The summed E-state index contributed by atoms with van der Waals surface area (Å²) in [5.41, 5.74) is 1.90. The molecule has 0 unspecified atom stereocenters. The lowest BCUT2D eigenvalue weighted by molar-refractivity contribution is -0.400. The van der Waals surface area contributed by atoms with E-state index in [1.54, 1.807) is 0 Å². The van der Waals surface area contributed by atoms with E-state index in [1.165, 1.54) is 6.08 Å². The highest BCUT2D eigenvalue weighted by atomic mass is 16.6. The van der Waals surface area contributed by atoms with Crippen molar-refractivity contribution in [2.24, 2.45) is 0 Å². The highest BCUT2D eigenvalue weighted by molar-refractivity contribution is 5.54. The molecule has 0 fully saturated rings. The van der Waals surface area contributed by atoms with Crippen molar-refractivity contribution >= 4 is 11.8 Å². The molecule has 14 heavy (non-hydrogen) atoms. The molecule has 0 amide bonds. The second-order valence-corrected chi connectivity index (χ2v) is 3.09. The van der Waals surface area contributed by atoms with Gasteiger partial charge in [-0.15, -0.1) is 0 Å². The molecule has 0 saturated carbocycles. The van der Waals surface area contributed by atoms with Crippen LogP contribution in [-0.4, -0.2) is 19.0 Å². The van der Waals surface area contributed by atoms with Crippen LogP contribution in [0.3, 0.4) is 0 Å². The molecule has 74 valence electrons. The van der Waals surface area contributed by atoms with Crippen LogP contribution >= 0.6 is 0 Å². The summed E-state index contributed by atoms with van der Waals surface area (Å²) in [6.07, 6.45) is 2.41. The van der Waals surface area contributed by atoms with Crippen LogP contribution in [0.4, 0.5) is 5.69 Å². The second-order valence-electron chi connectivity index (χ2n) is 3.09. The zero-order valence-electron chi connectivity index (χ0n) is 8.18. The third-order valence-electron chi connectivity index (χ3n) is 1.80. The van der Waals surface area contributed by atoms with E-state index in [4.69, 9.17) is 0 Å². The molecule has 0 aliphatic carbocycles. The smallest absolute Gasteiger partial charge is 0.235 e. The summed E-state index contributed by atoms with van der Waals surface area (Å²) >= 11 is 0. The van der Waals surface area contributed by atoms with Crippen molar-refractivity contribution in [3.05, 3.63) is 46.1 Å². The molecule has 0 bridgehead atoms. The van der Waals surface area contributed by atoms with Gasteiger partial charge < -0.3 is 4.90 Å². The van der Waals surface area contributed by atoms with Crippen LogP contribution in [0.5, 0.6) is 0 Å². The molecule has 4 heteroatoms. The van der Waals surface area contributed by atoms with E-state index in [-0.39, 0.29) is 0 Å². The van der Waals surface area contributed by atoms with Gasteiger partial charge in [0.15, 0.2) is 0 Å². The summed E-state index contributed by atoms with van der Waals surface area (Å²) in [7, 11) is 3.89. The van der Waals surface area contributed by atoms with Gasteiger partial charge >= 0.3 is 0 Å². The summed E-state index contributed by atoms with van der Waals surface area (Å²) < 4.78 is 0. The van der Waals surface area contributed by atoms with Gasteiger partial charge in [0.05, 0.1) is 4.92 Å². The maximum Gasteiger partial charge on any atom is 0.235 e. The van der Waals surface area contributed by atoms with Crippen molar-refractivity contribution in [2.45, 2.75) is 0 Å². The SMILES string of the molecule is CN(C)c1ccc(C=C[N+](=O)[O-])cc1. The molecule has 0 spiro atoms. The van der Waals surface area contributed by atoms with Crippen LogP contribution in [0.25, 0.3) is 6.08 Å². The summed E-state index contributed by atoms with van der Waals surface area (Å²) in [4.78, 5) is 11.6. The number of nitro groups is 1. The molecule has 4 nitrogen and oxygen atoms in total. The minimum Gasteiger partial charge on any atom is -0.378 e. The summed E-state index contributed by atoms with van der Waals surface area (Å²) in [6.45, 7) is 0. The van der Waals surface area contributed by atoms with E-state index in [2.05, 4.69) is 0 Å². The largest absolute Gasteiger partial charge is 0.378 e. The minimum absolute atomic E-state index is 0.472. The van der Waals surface area contributed by atoms with E-state index in [0.717, 1.165) is 17.5 Å². The molecular weight excluding hydrogens is 180 g/mol. The van der Waals surface area contributed by atoms with Gasteiger partial charge in [0, 0.05) is 25.9 Å². The van der Waals surface area contributed by atoms with E-state index in [0.29, 0.717) is 0 Å². The maximum atomic E-state index is 10.1. The summed E-state index contributed by atoms with van der Waals surface area (Å²) in [5, 5.41) is 10.1. The lowest BCUT2D eigenvalue weighted by Crippen LogP contribution is -2.07. The average molecular weight is 192 g/mol. The Balaban J connectivity index is 2.78. The van der Waals surface area contributed by atoms with Crippen LogP contribution in [0.15, 0.2) is 30.5 Å². The van der Waals surface area contributed by atoms with Crippen molar-refractivity contribution in [3.8, 4) is 0 Å². The molecule has 1 aromatic rings. The molecule has 1 aromatic carbocycles. The number of benzene rings is 1. The first-order valence-corrected chi connectivity index (χ1v) is 4.18. The molecule has 0 aromatic heterocycles. The van der Waals surface area contributed by atoms with Crippen molar-refractivity contribution in [2.75, 3.05) is 19.0 Å². The first-order valence-electron chi connectivity index (χ1n) is 4.18. The Morgan fingerprint density at radius 3 is 2.29 bits per heavy atom. The zero-order valence-corrected chi connectivity index (χ0v) is 8.18. The molecule has 0 saturated heterocycles. The van der Waals surface area contributed by atoms with Gasteiger partial charge in [0.2, 0.25) is 6.20 Å². The van der Waals surface area contributed by atoms with Crippen molar-refractivity contribution < 1.29 is 4.92 Å². The lowest BCUT2D eigenvalue weighted by Gasteiger charge is -2.11. The fourth-order valence-corrected chi connectivity index (χ4v) is 1.03. The predicted octanol–water partition coefficient (Wildman–Crippen LogP) is 2.00. The molecule has 0 aliphatic rings. The Bertz CT molecular complexity index is 342. The number of anilines is 1. The Morgan fingerprint density at radius 1 is 1.29 bits per heavy atom. The zero-order chi connectivity index (χ0) is 10.6. The van der Waals surface area contributed by atoms with E-state index >= 15 is 0 Å². The van der Waals surface area contributed by atoms with Crippen LogP contribution in [0, 0.1) is 10.1 Å². The number of hydrogen-bond acceptors (Lipinski definition) is 3. The number of nitrogens with zero attached hydrogens (tertiary/aromatic N) is 2. The lowest BCUT2D eigenvalue weighted by atomic mass is 10.2. The Morgan fingerprint density at radius 2 is 1.86 bits per heavy atom. The fourth-order valence-electron chi connectivity index (χ4n) is 1.03. The molecule has 0 heterocycles. The quantitative estimate of drug-likeness (QED) is 0.543. The van der Waals surface area contributed by atoms with Gasteiger partial charge in [-0.2, -0.15) is 0 Å². The van der Waals surface area contributed by atoms with Crippen LogP contribution in [0.1, 0.15) is 5.56 Å². The Hall–Kier alpha value is -1.84. The third-order valence-corrected chi connectivity index (χ3v) is 1.80. The van der Waals surface area contributed by atoms with Crippen molar-refractivity contribution in [3.63, 3.8) is 0 Å². The van der Waals surface area contributed by atoms with Gasteiger partial charge in [-0.05, 0) is 17.7 Å². The monoisotopic (exact) mass is 192 g/mol. The number of hydrogen-bond donors (Lipinski definition) is 0. The average Bonchev–Trinajstić information content (AvgIpc) is 2.15. The molecule has 0 N–H and O–H groups in total. The van der Waals surface area contributed by atoms with Gasteiger partial charge in [-0.25, -0.2) is 0 Å². The third kappa shape index (κ3) is 2.90. The Labute approximate surface area is 82.6 Å². The standard InChI is InChI=1S/C10H12N2O2/c1-11(2)10-5-3-9(4-6-10)7-8-12(13)14/h3-8H,1-2H3.